The molecule has 1 unspecified atom stereocenters. The van der Waals surface area contributed by atoms with E-state index in [-0.39, 0.29) is 12.1 Å². The number of ether oxygens (including phenoxy) is 2. The molecule has 2 heterocycles. The third kappa shape index (κ3) is 4.96. The molecule has 144 valence electrons. The van der Waals surface area contributed by atoms with E-state index >= 15 is 0 Å². The number of carbonyl (C=O) groups excluding carboxylic acids is 1. The van der Waals surface area contributed by atoms with E-state index in [0.717, 1.165) is 49.3 Å². The summed E-state index contributed by atoms with van der Waals surface area (Å²) in [4.78, 5) is 13.9. The predicted molar refractivity (Wildman–Crippen MR) is 109 cm³/mol. The average Bonchev–Trinajstić information content (AvgIpc) is 3.21. The number of nitrogens with one attached hydrogen (secondary N) is 2. The highest BCUT2D eigenvalue weighted by Gasteiger charge is 2.26. The Hall–Kier alpha value is -1.18. The first kappa shape index (κ1) is 19.6. The molecule has 5 nitrogen and oxygen atoms in total. The van der Waals surface area contributed by atoms with Crippen LogP contribution in [0.25, 0.3) is 0 Å². The van der Waals surface area contributed by atoms with E-state index in [0.29, 0.717) is 23.8 Å². The van der Waals surface area contributed by atoms with E-state index < -0.39 is 0 Å². The molecule has 26 heavy (non-hydrogen) atoms. The lowest BCUT2D eigenvalue weighted by Crippen LogP contribution is -2.35. The smallest absolute Gasteiger partial charge is 0.341 e. The van der Waals surface area contributed by atoms with E-state index in [4.69, 9.17) is 21.7 Å². The monoisotopic (exact) mass is 396 g/mol. The van der Waals surface area contributed by atoms with Crippen LogP contribution in [0.2, 0.25) is 0 Å². The van der Waals surface area contributed by atoms with Crippen molar-refractivity contribution in [3.8, 4) is 0 Å². The van der Waals surface area contributed by atoms with Crippen molar-refractivity contribution in [2.75, 3.05) is 25.1 Å². The molecule has 3 rings (SSSR count). The van der Waals surface area contributed by atoms with Crippen LogP contribution in [0.4, 0.5) is 5.00 Å². The van der Waals surface area contributed by atoms with Crippen molar-refractivity contribution in [2.24, 2.45) is 0 Å². The largest absolute Gasteiger partial charge is 0.462 e. The third-order valence-electron chi connectivity index (χ3n) is 4.89. The fourth-order valence-corrected chi connectivity index (χ4v) is 5.12. The zero-order chi connectivity index (χ0) is 18.4. The molecule has 1 aromatic heterocycles. The van der Waals surface area contributed by atoms with Crippen LogP contribution in [-0.2, 0) is 22.3 Å². The molecule has 1 saturated heterocycles. The maximum atomic E-state index is 12.6. The summed E-state index contributed by atoms with van der Waals surface area (Å²) in [5.41, 5.74) is 1.85. The molecule has 0 saturated carbocycles. The van der Waals surface area contributed by atoms with Crippen LogP contribution in [-0.4, -0.2) is 36.9 Å². The predicted octanol–water partition coefficient (Wildman–Crippen LogP) is 4.05. The van der Waals surface area contributed by atoms with Crippen LogP contribution < -0.4 is 10.6 Å². The maximum absolute atomic E-state index is 12.6. The van der Waals surface area contributed by atoms with Gasteiger partial charge in [-0.2, -0.15) is 0 Å². The molecule has 0 bridgehead atoms. The number of anilines is 1. The summed E-state index contributed by atoms with van der Waals surface area (Å²) in [6.07, 6.45) is 9.16. The molecule has 2 N–H and O–H groups in total. The minimum atomic E-state index is -0.241. The Kier molecular flexibility index (Phi) is 7.28. The van der Waals surface area contributed by atoms with Gasteiger partial charge in [-0.05, 0) is 63.2 Å². The number of thiocarbonyl (C=S) groups is 1. The number of fused-ring (bicyclic) bond motifs is 1. The molecule has 7 heteroatoms. The summed E-state index contributed by atoms with van der Waals surface area (Å²) in [5.74, 6) is -0.241. The lowest BCUT2D eigenvalue weighted by Gasteiger charge is -2.14. The second-order valence-corrected chi connectivity index (χ2v) is 8.33. The van der Waals surface area contributed by atoms with E-state index in [9.17, 15) is 4.79 Å². The fraction of sp³-hybridized carbons (Fsp3) is 0.684. The Labute approximate surface area is 164 Å². The Morgan fingerprint density at radius 1 is 1.27 bits per heavy atom. The lowest BCUT2D eigenvalue weighted by molar-refractivity contribution is 0.0526. The molecule has 1 fully saturated rings. The first-order valence-electron chi connectivity index (χ1n) is 9.67. The van der Waals surface area contributed by atoms with Crippen LogP contribution in [0.3, 0.4) is 0 Å². The summed E-state index contributed by atoms with van der Waals surface area (Å²) < 4.78 is 11.0. The van der Waals surface area contributed by atoms with Gasteiger partial charge in [0.05, 0.1) is 18.3 Å². The van der Waals surface area contributed by atoms with Crippen molar-refractivity contribution < 1.29 is 14.3 Å². The van der Waals surface area contributed by atoms with E-state index in [1.165, 1.54) is 24.1 Å². The van der Waals surface area contributed by atoms with Gasteiger partial charge in [0.15, 0.2) is 5.11 Å². The van der Waals surface area contributed by atoms with Crippen LogP contribution in [0.5, 0.6) is 0 Å². The average molecular weight is 397 g/mol. The topological polar surface area (TPSA) is 59.6 Å². The van der Waals surface area contributed by atoms with Crippen LogP contribution in [0.15, 0.2) is 0 Å². The van der Waals surface area contributed by atoms with Crippen molar-refractivity contribution in [1.82, 2.24) is 5.32 Å². The van der Waals surface area contributed by atoms with Gasteiger partial charge in [0, 0.05) is 18.0 Å². The Morgan fingerprint density at radius 2 is 2.08 bits per heavy atom. The Bertz CT molecular complexity index is 639. The zero-order valence-corrected chi connectivity index (χ0v) is 17.0. The van der Waals surface area contributed by atoms with Crippen molar-refractivity contribution in [3.63, 3.8) is 0 Å². The van der Waals surface area contributed by atoms with Gasteiger partial charge in [-0.3, -0.25) is 0 Å². The summed E-state index contributed by atoms with van der Waals surface area (Å²) in [7, 11) is 0. The molecule has 1 aliphatic carbocycles. The van der Waals surface area contributed by atoms with Gasteiger partial charge in [-0.25, -0.2) is 4.79 Å². The molecular weight excluding hydrogens is 368 g/mol. The quantitative estimate of drug-likeness (QED) is 0.578. The minimum Gasteiger partial charge on any atom is -0.462 e. The normalized spacial score (nSPS) is 20.0. The fourth-order valence-electron chi connectivity index (χ4n) is 3.59. The summed E-state index contributed by atoms with van der Waals surface area (Å²) in [6.45, 7) is 3.75. The molecule has 1 atom stereocenters. The van der Waals surface area contributed by atoms with Crippen molar-refractivity contribution in [2.45, 2.75) is 64.4 Å². The molecule has 1 aromatic rings. The number of thiophene rings is 1. The number of esters is 1. The molecule has 0 spiro atoms. The van der Waals surface area contributed by atoms with E-state index in [2.05, 4.69) is 10.6 Å². The molecular formula is C19H28N2O3S2. The summed E-state index contributed by atoms with van der Waals surface area (Å²) in [5, 5.41) is 7.84. The standard InChI is InChI=1S/C19H28N2O3S2/c1-2-23-18(22)16-14-9-5-3-4-6-10-15(14)26-17(16)21-19(25)20-12-13-8-7-11-24-13/h13H,2-12H2,1H3,(H2,20,21,25). The van der Waals surface area contributed by atoms with Gasteiger partial charge in [-0.1, -0.05) is 12.8 Å². The van der Waals surface area contributed by atoms with Gasteiger partial charge in [-0.15, -0.1) is 11.3 Å². The minimum absolute atomic E-state index is 0.225. The van der Waals surface area contributed by atoms with Gasteiger partial charge < -0.3 is 20.1 Å². The van der Waals surface area contributed by atoms with Crippen LogP contribution >= 0.6 is 23.6 Å². The lowest BCUT2D eigenvalue weighted by atomic mass is 9.96. The van der Waals surface area contributed by atoms with Gasteiger partial charge in [0.2, 0.25) is 0 Å². The number of hydrogen-bond donors (Lipinski definition) is 2. The van der Waals surface area contributed by atoms with E-state index in [1.54, 1.807) is 11.3 Å². The van der Waals surface area contributed by atoms with Gasteiger partial charge in [0.1, 0.15) is 5.00 Å². The molecule has 0 amide bonds. The SMILES string of the molecule is CCOC(=O)c1c(NC(=S)NCC2CCCO2)sc2c1CCCCCC2. The number of aryl methyl sites for hydroxylation is 1. The Morgan fingerprint density at radius 3 is 2.81 bits per heavy atom. The summed E-state index contributed by atoms with van der Waals surface area (Å²) in [6, 6.07) is 0. The second-order valence-electron chi connectivity index (χ2n) is 6.81. The number of carbonyl (C=O) groups is 1. The molecule has 0 aromatic carbocycles. The molecule has 1 aliphatic heterocycles. The van der Waals surface area contributed by atoms with Gasteiger partial charge >= 0.3 is 5.97 Å². The van der Waals surface area contributed by atoms with Crippen molar-refractivity contribution >= 4 is 39.6 Å². The summed E-state index contributed by atoms with van der Waals surface area (Å²) >= 11 is 7.11. The van der Waals surface area contributed by atoms with Crippen LogP contribution in [0, 0.1) is 0 Å². The number of rotatable bonds is 5. The molecule has 2 aliphatic rings. The Balaban J connectivity index is 1.74. The third-order valence-corrected chi connectivity index (χ3v) is 6.35. The highest BCUT2D eigenvalue weighted by Crippen LogP contribution is 2.37. The van der Waals surface area contributed by atoms with Crippen LogP contribution in [0.1, 0.15) is 66.2 Å². The number of hydrogen-bond acceptors (Lipinski definition) is 5. The van der Waals surface area contributed by atoms with Crippen molar-refractivity contribution in [3.05, 3.63) is 16.0 Å². The first-order valence-corrected chi connectivity index (χ1v) is 10.9. The maximum Gasteiger partial charge on any atom is 0.341 e. The van der Waals surface area contributed by atoms with E-state index in [1.807, 2.05) is 6.92 Å². The second kappa shape index (κ2) is 9.67. The first-order chi connectivity index (χ1) is 12.7. The highest BCUT2D eigenvalue weighted by atomic mass is 32.1. The van der Waals surface area contributed by atoms with Gasteiger partial charge in [0.25, 0.3) is 0 Å². The molecule has 0 radical (unpaired) electrons. The highest BCUT2D eigenvalue weighted by molar-refractivity contribution is 7.80. The zero-order valence-electron chi connectivity index (χ0n) is 15.4. The van der Waals surface area contributed by atoms with Crippen molar-refractivity contribution in [1.29, 1.82) is 0 Å².